The van der Waals surface area contributed by atoms with Gasteiger partial charge in [0, 0.05) is 30.5 Å². The topological polar surface area (TPSA) is 3.24 Å². The molecule has 0 aromatic heterocycles. The normalized spacial score (nSPS) is 25.1. The molecule has 1 heteroatoms. The molecule has 0 saturated heterocycles. The summed E-state index contributed by atoms with van der Waals surface area (Å²) in [6.07, 6.45) is 0. The lowest BCUT2D eigenvalue weighted by Gasteiger charge is -2.34. The molecule has 0 N–H and O–H groups in total. The summed E-state index contributed by atoms with van der Waals surface area (Å²) in [5.74, 6) is 0. The van der Waals surface area contributed by atoms with Crippen LogP contribution >= 0.6 is 0 Å². The first-order valence-corrected chi connectivity index (χ1v) is 19.9. The van der Waals surface area contributed by atoms with Gasteiger partial charge in [-0.3, -0.25) is 0 Å². The summed E-state index contributed by atoms with van der Waals surface area (Å²) in [5.41, 5.74) is -36.4. The zero-order chi connectivity index (χ0) is 80.7. The molecule has 0 heterocycles. The molecule has 0 aliphatic heterocycles. The van der Waals surface area contributed by atoms with Crippen molar-refractivity contribution in [2.75, 3.05) is 4.90 Å². The van der Waals surface area contributed by atoms with Crippen LogP contribution in [0.1, 0.15) is 128 Å². The van der Waals surface area contributed by atoms with Crippen LogP contribution in [0.3, 0.4) is 0 Å². The standard InChI is InChI=1S/C65H43N/c1-63(2)49-26-10-8-24-47(49)61-56(63)33-17-35-59(61)66(40-37-38-46-45-23-7-15-31-54(45)65(58(46)39-40)52-29-13-5-21-43(52)44-22-6-14-30-53(44)65)60-36-18-34-57-62(60)48-25-9-16-32-55(48)64(57)50-27-11-3-19-41(50)42-20-4-12-28-51(42)64/h3-39H,1-2H3/i1D3,2D3,3D,4D,5D,6D,7D,8D,9D,10D,11D,12D,13D,14D,15D,16D,17D,18D,19D,20D,21D,22D,23D,24D,25D,26D,27D,28D,29D,30D,31D,32D,33D,34D,35D,36D,37D,38D,39D. The van der Waals surface area contributed by atoms with Crippen LogP contribution in [0.4, 0.5) is 17.1 Å². The van der Waals surface area contributed by atoms with E-state index < -0.39 is 382 Å². The lowest BCUT2D eigenvalue weighted by atomic mass is 9.70. The number of fused-ring (bicyclic) bond motifs is 23. The molecule has 0 radical (unpaired) electrons. The molecule has 0 amide bonds. The molecule has 0 fully saturated rings. The summed E-state index contributed by atoms with van der Waals surface area (Å²) in [4.78, 5) is 0.186. The van der Waals surface area contributed by atoms with E-state index in [0.717, 1.165) is 0 Å². The van der Waals surface area contributed by atoms with Crippen LogP contribution in [-0.4, -0.2) is 0 Å². The second kappa shape index (κ2) is 12.6. The number of rotatable bonds is 3. The zero-order valence-corrected chi connectivity index (χ0v) is 32.9. The van der Waals surface area contributed by atoms with E-state index in [1.54, 1.807) is 0 Å². The number of benzene rings is 10. The summed E-state index contributed by atoms with van der Waals surface area (Å²) in [6.45, 7) is -8.52. The zero-order valence-electron chi connectivity index (χ0n) is 75.9. The number of nitrogens with zero attached hydrogens (tertiary/aromatic N) is 1. The van der Waals surface area contributed by atoms with Gasteiger partial charge in [0.15, 0.2) is 0 Å². The minimum absolute atomic E-state index is 0.186. The smallest absolute Gasteiger partial charge is 0.0726 e. The molecule has 0 saturated carbocycles. The Morgan fingerprint density at radius 1 is 0.303 bits per heavy atom. The van der Waals surface area contributed by atoms with Crippen LogP contribution < -0.4 is 4.90 Å². The van der Waals surface area contributed by atoms with E-state index in [0.29, 0.717) is 0 Å². The van der Waals surface area contributed by atoms with Gasteiger partial charge in [0.05, 0.1) is 72.9 Å². The van der Waals surface area contributed by atoms with E-state index >= 15 is 0 Å². The molecule has 0 atom stereocenters. The largest absolute Gasteiger partial charge is 0.309 e. The highest BCUT2D eigenvalue weighted by Gasteiger charge is 2.54. The average molecular weight is 881 g/mol. The molecule has 10 aromatic carbocycles. The van der Waals surface area contributed by atoms with Crippen molar-refractivity contribution >= 4 is 17.1 Å². The van der Waals surface area contributed by atoms with Gasteiger partial charge in [0.2, 0.25) is 0 Å². The van der Waals surface area contributed by atoms with Gasteiger partial charge in [-0.15, -0.1) is 0 Å². The maximum absolute atomic E-state index is 11.3. The molecule has 308 valence electrons. The molecular weight excluding hydrogens is 795 g/mol. The van der Waals surface area contributed by atoms with E-state index in [-0.39, 0.29) is 4.90 Å². The van der Waals surface area contributed by atoms with Crippen LogP contribution in [-0.2, 0) is 16.2 Å². The molecule has 1 nitrogen and oxygen atoms in total. The monoisotopic (exact) mass is 881 g/mol. The predicted molar refractivity (Wildman–Crippen MR) is 271 cm³/mol. The molecule has 5 aliphatic rings. The van der Waals surface area contributed by atoms with E-state index in [9.17, 15) is 50.7 Å². The highest BCUT2D eigenvalue weighted by Crippen LogP contribution is 2.67. The van der Waals surface area contributed by atoms with Gasteiger partial charge >= 0.3 is 0 Å². The second-order valence-corrected chi connectivity index (χ2v) is 15.8. The van der Waals surface area contributed by atoms with Crippen LogP contribution in [0.15, 0.2) is 224 Å². The Morgan fingerprint density at radius 2 is 0.636 bits per heavy atom. The maximum atomic E-state index is 11.3. The van der Waals surface area contributed by atoms with Crippen molar-refractivity contribution in [3.8, 4) is 55.6 Å². The van der Waals surface area contributed by atoms with Gasteiger partial charge in [0.1, 0.15) is 0 Å². The SMILES string of the molecule is [2H]c1c([2H])c([2H])c2c(c1[2H])-c1c([2H])c([2H])c([2H])c([2H])c1C21c2c([2H])c([2H])c([2H])c([2H])c2-c2c([2H])c([2H])c(N(c3c([2H])c([2H])c([2H])c4c3-c3c([2H])c([2H])c([2H])c([2H])c3C43c4c([2H])c([2H])c([2H])c([2H])c4-c4c([2H])c([2H])c([2H])c([2H])c43)c3c([2H])c([2H])c([2H])c4c3-c3c([2H])c([2H])c([2H])c([2H])c3C4(C([2H])([2H])[2H])C([2H])([2H])[2H])c([2H])c21. The van der Waals surface area contributed by atoms with Gasteiger partial charge in [-0.25, -0.2) is 0 Å². The quantitative estimate of drug-likeness (QED) is 0.171. The molecule has 2 spiro atoms. The summed E-state index contributed by atoms with van der Waals surface area (Å²) in [7, 11) is 0. The lowest BCUT2D eigenvalue weighted by Crippen LogP contribution is -2.26. The maximum Gasteiger partial charge on any atom is 0.0726 e. The van der Waals surface area contributed by atoms with E-state index in [1.807, 2.05) is 0 Å². The van der Waals surface area contributed by atoms with Gasteiger partial charge in [-0.1, -0.05) is 213 Å². The Morgan fingerprint density at radius 3 is 1.11 bits per heavy atom. The van der Waals surface area contributed by atoms with Crippen LogP contribution in [0, 0.1) is 0 Å². The van der Waals surface area contributed by atoms with Crippen molar-refractivity contribution in [3.05, 3.63) is 279 Å². The Balaban J connectivity index is 1.31. The van der Waals surface area contributed by atoms with E-state index in [2.05, 4.69) is 0 Å². The summed E-state index contributed by atoms with van der Waals surface area (Å²) < 4.78 is 415. The second-order valence-electron chi connectivity index (χ2n) is 15.8. The van der Waals surface area contributed by atoms with Crippen molar-refractivity contribution in [2.24, 2.45) is 0 Å². The van der Waals surface area contributed by atoms with Gasteiger partial charge < -0.3 is 4.90 Å². The molecule has 10 aromatic rings. The third-order valence-electron chi connectivity index (χ3n) is 13.0. The molecule has 15 rings (SSSR count). The Hall–Kier alpha value is -8.00. The predicted octanol–water partition coefficient (Wildman–Crippen LogP) is 16.1. The van der Waals surface area contributed by atoms with Gasteiger partial charge in [0.25, 0.3) is 0 Å². The van der Waals surface area contributed by atoms with Crippen molar-refractivity contribution in [1.82, 2.24) is 0 Å². The van der Waals surface area contributed by atoms with E-state index in [1.165, 1.54) is 0 Å². The van der Waals surface area contributed by atoms with Gasteiger partial charge in [-0.05, 0) is 124 Å². The van der Waals surface area contributed by atoms with Crippen molar-refractivity contribution in [1.29, 1.82) is 0 Å². The Kier molecular flexibility index (Phi) is 2.73. The molecule has 0 bridgehead atoms. The number of hydrogen-bond donors (Lipinski definition) is 0. The minimum atomic E-state index is -4.26. The minimum Gasteiger partial charge on any atom is -0.309 e. The number of anilines is 3. The van der Waals surface area contributed by atoms with Crippen LogP contribution in [0.25, 0.3) is 55.6 Å². The van der Waals surface area contributed by atoms with Crippen molar-refractivity contribution < 1.29 is 58.9 Å². The van der Waals surface area contributed by atoms with Crippen LogP contribution in [0.5, 0.6) is 0 Å². The molecular formula is C65H43N. The van der Waals surface area contributed by atoms with Gasteiger partial charge in [-0.2, -0.15) is 0 Å². The highest BCUT2D eigenvalue weighted by atomic mass is 15.1. The first kappa shape index (κ1) is 14.2. The third kappa shape index (κ3) is 4.15. The Labute approximate surface area is 446 Å². The lowest BCUT2D eigenvalue weighted by molar-refractivity contribution is 0.660. The number of hydrogen-bond acceptors (Lipinski definition) is 1. The summed E-state index contributed by atoms with van der Waals surface area (Å²) >= 11 is 0. The van der Waals surface area contributed by atoms with E-state index in [4.69, 9.17) is 8.22 Å². The molecule has 5 aliphatic carbocycles. The fourth-order valence-electron chi connectivity index (χ4n) is 10.6. The summed E-state index contributed by atoms with van der Waals surface area (Å²) in [6, 6.07) is -47.5. The van der Waals surface area contributed by atoms with Crippen LogP contribution in [0.2, 0.25) is 0 Å². The molecule has 0 unspecified atom stereocenters. The first-order chi connectivity index (χ1) is 50.4. The van der Waals surface area contributed by atoms with Crippen molar-refractivity contribution in [2.45, 2.75) is 29.9 Å². The fraction of sp³-hybridized carbons (Fsp3) is 0.0769. The summed E-state index contributed by atoms with van der Waals surface area (Å²) in [5, 5.41) is 0. The average Bonchev–Trinajstić information content (AvgIpc) is 1.47. The highest BCUT2D eigenvalue weighted by molar-refractivity contribution is 6.04. The molecule has 66 heavy (non-hydrogen) atoms. The Bertz CT molecular complexity index is 6000. The first-order valence-electron chi connectivity index (χ1n) is 41.4. The fourth-order valence-corrected chi connectivity index (χ4v) is 10.6. The third-order valence-corrected chi connectivity index (χ3v) is 13.0. The van der Waals surface area contributed by atoms with Crippen molar-refractivity contribution in [3.63, 3.8) is 0 Å².